The number of para-hydroxylation sites is 1. The second-order valence-corrected chi connectivity index (χ2v) is 4.18. The average Bonchev–Trinajstić information content (AvgIpc) is 2.86. The van der Waals surface area contributed by atoms with E-state index in [9.17, 15) is 9.18 Å². The van der Waals surface area contributed by atoms with Crippen molar-refractivity contribution in [2.45, 2.75) is 25.8 Å². The summed E-state index contributed by atoms with van der Waals surface area (Å²) >= 11 is 0. The molecule has 1 fully saturated rings. The van der Waals surface area contributed by atoms with Gasteiger partial charge in [0.05, 0.1) is 11.7 Å². The molecule has 2 rings (SSSR count). The lowest BCUT2D eigenvalue weighted by molar-refractivity contribution is -0.120. The van der Waals surface area contributed by atoms with Gasteiger partial charge in [-0.25, -0.2) is 4.39 Å². The Morgan fingerprint density at radius 1 is 1.53 bits per heavy atom. The molecule has 92 valence electrons. The van der Waals surface area contributed by atoms with E-state index in [1.165, 1.54) is 11.0 Å². The van der Waals surface area contributed by atoms with E-state index in [-0.39, 0.29) is 17.8 Å². The summed E-state index contributed by atoms with van der Waals surface area (Å²) in [5.74, 6) is -0.379. The molecule has 1 atom stereocenters. The lowest BCUT2D eigenvalue weighted by Crippen LogP contribution is -2.44. The van der Waals surface area contributed by atoms with Gasteiger partial charge in [-0.3, -0.25) is 4.79 Å². The SMILES string of the molecule is CCN(C(=O)[C@@H]1CCCN1)c1ccccc1F. The fraction of sp³-hybridized carbons (Fsp3) is 0.462. The summed E-state index contributed by atoms with van der Waals surface area (Å²) < 4.78 is 13.7. The quantitative estimate of drug-likeness (QED) is 0.869. The summed E-state index contributed by atoms with van der Waals surface area (Å²) in [5.41, 5.74) is 0.369. The zero-order valence-electron chi connectivity index (χ0n) is 9.95. The van der Waals surface area contributed by atoms with Crippen LogP contribution in [0.5, 0.6) is 0 Å². The van der Waals surface area contributed by atoms with Crippen LogP contribution in [0.3, 0.4) is 0 Å². The molecule has 1 saturated heterocycles. The minimum absolute atomic E-state index is 0.0323. The van der Waals surface area contributed by atoms with Crippen molar-refractivity contribution in [3.05, 3.63) is 30.1 Å². The number of nitrogens with zero attached hydrogens (tertiary/aromatic N) is 1. The van der Waals surface area contributed by atoms with Gasteiger partial charge in [0.2, 0.25) is 5.91 Å². The van der Waals surface area contributed by atoms with Crippen LogP contribution in [-0.4, -0.2) is 25.0 Å². The first kappa shape index (κ1) is 12.0. The third-order valence-electron chi connectivity index (χ3n) is 3.08. The predicted molar refractivity (Wildman–Crippen MR) is 65.5 cm³/mol. The standard InChI is InChI=1S/C13H17FN2O/c1-2-16(12-8-4-3-6-10(12)14)13(17)11-7-5-9-15-11/h3-4,6,8,11,15H,2,5,7,9H2,1H3/t11-/m0/s1. The number of amides is 1. The highest BCUT2D eigenvalue weighted by Crippen LogP contribution is 2.20. The lowest BCUT2D eigenvalue weighted by atomic mass is 10.2. The minimum Gasteiger partial charge on any atom is -0.309 e. The summed E-state index contributed by atoms with van der Waals surface area (Å²) in [5, 5.41) is 3.15. The number of carbonyl (C=O) groups is 1. The highest BCUT2D eigenvalue weighted by atomic mass is 19.1. The van der Waals surface area contributed by atoms with Gasteiger partial charge in [-0.1, -0.05) is 12.1 Å². The fourth-order valence-corrected chi connectivity index (χ4v) is 2.20. The van der Waals surface area contributed by atoms with Crippen LogP contribution in [-0.2, 0) is 4.79 Å². The van der Waals surface area contributed by atoms with Crippen molar-refractivity contribution in [3.63, 3.8) is 0 Å². The van der Waals surface area contributed by atoms with Gasteiger partial charge in [0, 0.05) is 6.54 Å². The number of likely N-dealkylation sites (N-methyl/N-ethyl adjacent to an activating group) is 1. The number of halogens is 1. The summed E-state index contributed by atoms with van der Waals surface area (Å²) in [6.07, 6.45) is 1.84. The number of carbonyl (C=O) groups excluding carboxylic acids is 1. The molecule has 0 radical (unpaired) electrons. The Hall–Kier alpha value is -1.42. The molecule has 0 bridgehead atoms. The van der Waals surface area contributed by atoms with Gasteiger partial charge in [0.1, 0.15) is 5.82 Å². The van der Waals surface area contributed by atoms with Crippen molar-refractivity contribution in [1.29, 1.82) is 0 Å². The van der Waals surface area contributed by atoms with Crippen molar-refractivity contribution in [2.75, 3.05) is 18.0 Å². The van der Waals surface area contributed by atoms with Crippen LogP contribution in [0, 0.1) is 5.82 Å². The highest BCUT2D eigenvalue weighted by molar-refractivity contribution is 5.97. The summed E-state index contributed by atoms with van der Waals surface area (Å²) in [4.78, 5) is 13.7. The number of rotatable bonds is 3. The van der Waals surface area contributed by atoms with Crippen LogP contribution in [0.4, 0.5) is 10.1 Å². The lowest BCUT2D eigenvalue weighted by Gasteiger charge is -2.24. The molecule has 17 heavy (non-hydrogen) atoms. The first-order valence-electron chi connectivity index (χ1n) is 6.03. The normalized spacial score (nSPS) is 19.3. The van der Waals surface area contributed by atoms with E-state index < -0.39 is 0 Å². The van der Waals surface area contributed by atoms with Gasteiger partial charge in [-0.05, 0) is 38.4 Å². The van der Waals surface area contributed by atoms with E-state index in [4.69, 9.17) is 0 Å². The minimum atomic E-state index is -0.347. The Labute approximate surface area is 101 Å². The first-order valence-corrected chi connectivity index (χ1v) is 6.03. The van der Waals surface area contributed by atoms with Crippen molar-refractivity contribution in [3.8, 4) is 0 Å². The molecule has 4 heteroatoms. The Morgan fingerprint density at radius 3 is 2.88 bits per heavy atom. The molecule has 0 spiro atoms. The second kappa shape index (κ2) is 5.27. The molecule has 1 aliphatic heterocycles. The second-order valence-electron chi connectivity index (χ2n) is 4.18. The first-order chi connectivity index (χ1) is 8.24. The molecule has 1 aromatic rings. The van der Waals surface area contributed by atoms with E-state index in [1.54, 1.807) is 18.2 Å². The third kappa shape index (κ3) is 2.47. The Kier molecular flexibility index (Phi) is 3.74. The number of nitrogens with one attached hydrogen (secondary N) is 1. The molecular formula is C13H17FN2O. The van der Waals surface area contributed by atoms with Gasteiger partial charge < -0.3 is 10.2 Å². The highest BCUT2D eigenvalue weighted by Gasteiger charge is 2.27. The smallest absolute Gasteiger partial charge is 0.244 e. The number of anilines is 1. The summed E-state index contributed by atoms with van der Waals surface area (Å²) in [7, 11) is 0. The molecule has 1 amide bonds. The molecule has 1 aromatic carbocycles. The molecule has 0 unspecified atom stereocenters. The van der Waals surface area contributed by atoms with Gasteiger partial charge in [-0.2, -0.15) is 0 Å². The molecule has 3 nitrogen and oxygen atoms in total. The maximum atomic E-state index is 13.7. The van der Waals surface area contributed by atoms with Crippen LogP contribution in [0.25, 0.3) is 0 Å². The van der Waals surface area contributed by atoms with Crippen molar-refractivity contribution >= 4 is 11.6 Å². The van der Waals surface area contributed by atoms with Gasteiger partial charge in [-0.15, -0.1) is 0 Å². The maximum Gasteiger partial charge on any atom is 0.244 e. The van der Waals surface area contributed by atoms with E-state index in [2.05, 4.69) is 5.32 Å². The number of hydrogen-bond donors (Lipinski definition) is 1. The fourth-order valence-electron chi connectivity index (χ4n) is 2.20. The largest absolute Gasteiger partial charge is 0.309 e. The monoisotopic (exact) mass is 236 g/mol. The van der Waals surface area contributed by atoms with Crippen LogP contribution < -0.4 is 10.2 Å². The summed E-state index contributed by atoms with van der Waals surface area (Å²) in [6, 6.07) is 6.25. The van der Waals surface area contributed by atoms with Gasteiger partial charge in [0.15, 0.2) is 0 Å². The van der Waals surface area contributed by atoms with Gasteiger partial charge in [0.25, 0.3) is 0 Å². The van der Waals surface area contributed by atoms with Crippen molar-refractivity contribution in [2.24, 2.45) is 0 Å². The van der Waals surface area contributed by atoms with Gasteiger partial charge >= 0.3 is 0 Å². The van der Waals surface area contributed by atoms with E-state index in [0.717, 1.165) is 19.4 Å². The zero-order valence-corrected chi connectivity index (χ0v) is 9.95. The van der Waals surface area contributed by atoms with E-state index in [0.29, 0.717) is 12.2 Å². The molecular weight excluding hydrogens is 219 g/mol. The van der Waals surface area contributed by atoms with Crippen LogP contribution in [0.15, 0.2) is 24.3 Å². The topological polar surface area (TPSA) is 32.3 Å². The average molecular weight is 236 g/mol. The van der Waals surface area contributed by atoms with E-state index in [1.807, 2.05) is 6.92 Å². The third-order valence-corrected chi connectivity index (χ3v) is 3.08. The maximum absolute atomic E-state index is 13.7. The number of hydrogen-bond acceptors (Lipinski definition) is 2. The predicted octanol–water partition coefficient (Wildman–Crippen LogP) is 1.93. The molecule has 0 saturated carbocycles. The van der Waals surface area contributed by atoms with Crippen molar-refractivity contribution in [1.82, 2.24) is 5.32 Å². The van der Waals surface area contributed by atoms with Crippen LogP contribution in [0.1, 0.15) is 19.8 Å². The molecule has 0 aromatic heterocycles. The number of benzene rings is 1. The Balaban J connectivity index is 2.21. The molecule has 1 heterocycles. The molecule has 1 aliphatic rings. The summed E-state index contributed by atoms with van der Waals surface area (Å²) in [6.45, 7) is 3.21. The zero-order chi connectivity index (χ0) is 12.3. The van der Waals surface area contributed by atoms with Crippen LogP contribution >= 0.6 is 0 Å². The van der Waals surface area contributed by atoms with E-state index >= 15 is 0 Å². The Morgan fingerprint density at radius 2 is 2.29 bits per heavy atom. The Bertz CT molecular complexity index is 402. The van der Waals surface area contributed by atoms with Crippen molar-refractivity contribution < 1.29 is 9.18 Å². The molecule has 0 aliphatic carbocycles. The van der Waals surface area contributed by atoms with Crippen LogP contribution in [0.2, 0.25) is 0 Å². The molecule has 1 N–H and O–H groups in total.